The molecule has 216 valence electrons. The highest BCUT2D eigenvalue weighted by Crippen LogP contribution is 2.17. The van der Waals surface area contributed by atoms with Gasteiger partial charge in [0.15, 0.2) is 6.29 Å². The van der Waals surface area contributed by atoms with Gasteiger partial charge in [-0.05, 0) is 24.8 Å². The molecule has 0 aliphatic carbocycles. The van der Waals surface area contributed by atoms with Crippen molar-refractivity contribution in [3.8, 4) is 0 Å². The fourth-order valence-electron chi connectivity index (χ4n) is 4.54. The molecule has 0 aromatic heterocycles. The summed E-state index contributed by atoms with van der Waals surface area (Å²) in [5.41, 5.74) is 1.00. The SMILES string of the molecule is CCCCCCCCCCCCCC(CC(CCOCC(OC)C(O)OCc1ccccc1)OC)OC. The molecule has 1 aromatic rings. The van der Waals surface area contributed by atoms with Crippen LogP contribution in [0.15, 0.2) is 30.3 Å². The number of aliphatic hydroxyl groups excluding tert-OH is 1. The molecule has 0 fully saturated rings. The van der Waals surface area contributed by atoms with E-state index in [0.717, 1.165) is 24.8 Å². The minimum absolute atomic E-state index is 0.0814. The second-order valence-corrected chi connectivity index (χ2v) is 10.1. The summed E-state index contributed by atoms with van der Waals surface area (Å²) in [6, 6.07) is 9.76. The first-order chi connectivity index (χ1) is 18.1. The van der Waals surface area contributed by atoms with Gasteiger partial charge in [-0.3, -0.25) is 0 Å². The van der Waals surface area contributed by atoms with Crippen LogP contribution in [0.1, 0.15) is 102 Å². The smallest absolute Gasteiger partial charge is 0.183 e. The molecule has 0 amide bonds. The number of hydrogen-bond acceptors (Lipinski definition) is 6. The lowest BCUT2D eigenvalue weighted by molar-refractivity contribution is -0.191. The van der Waals surface area contributed by atoms with Gasteiger partial charge in [0.1, 0.15) is 6.10 Å². The molecule has 1 N–H and O–H groups in total. The average molecular weight is 525 g/mol. The summed E-state index contributed by atoms with van der Waals surface area (Å²) in [6.07, 6.45) is 16.3. The van der Waals surface area contributed by atoms with Crippen molar-refractivity contribution in [2.75, 3.05) is 34.5 Å². The predicted octanol–water partition coefficient (Wildman–Crippen LogP) is 7.06. The zero-order chi connectivity index (χ0) is 27.0. The first-order valence-corrected chi connectivity index (χ1v) is 14.6. The highest BCUT2D eigenvalue weighted by molar-refractivity contribution is 5.13. The van der Waals surface area contributed by atoms with Crippen molar-refractivity contribution in [3.05, 3.63) is 35.9 Å². The Labute approximate surface area is 227 Å². The van der Waals surface area contributed by atoms with Gasteiger partial charge in [-0.1, -0.05) is 108 Å². The van der Waals surface area contributed by atoms with E-state index in [1.807, 2.05) is 30.3 Å². The van der Waals surface area contributed by atoms with Gasteiger partial charge in [0, 0.05) is 27.9 Å². The summed E-state index contributed by atoms with van der Waals surface area (Å²) in [5.74, 6) is 0. The van der Waals surface area contributed by atoms with E-state index in [-0.39, 0.29) is 18.8 Å². The molecule has 37 heavy (non-hydrogen) atoms. The summed E-state index contributed by atoms with van der Waals surface area (Å²) >= 11 is 0. The summed E-state index contributed by atoms with van der Waals surface area (Å²) in [5, 5.41) is 10.3. The number of hydrogen-bond donors (Lipinski definition) is 1. The molecule has 0 saturated heterocycles. The van der Waals surface area contributed by atoms with Crippen molar-refractivity contribution in [1.29, 1.82) is 0 Å². The van der Waals surface area contributed by atoms with E-state index in [9.17, 15) is 5.11 Å². The topological polar surface area (TPSA) is 66.4 Å². The zero-order valence-electron chi connectivity index (χ0n) is 24.2. The van der Waals surface area contributed by atoms with Crippen LogP contribution in [0.3, 0.4) is 0 Å². The van der Waals surface area contributed by atoms with Gasteiger partial charge in [0.2, 0.25) is 0 Å². The number of benzene rings is 1. The second kappa shape index (κ2) is 24.1. The van der Waals surface area contributed by atoms with E-state index in [1.165, 1.54) is 70.6 Å². The van der Waals surface area contributed by atoms with Crippen molar-refractivity contribution in [2.45, 2.75) is 128 Å². The third kappa shape index (κ3) is 18.0. The average Bonchev–Trinajstić information content (AvgIpc) is 2.93. The minimum Gasteiger partial charge on any atom is -0.381 e. The Morgan fingerprint density at radius 2 is 1.27 bits per heavy atom. The highest BCUT2D eigenvalue weighted by Gasteiger charge is 2.21. The highest BCUT2D eigenvalue weighted by atomic mass is 16.6. The van der Waals surface area contributed by atoms with Crippen LogP contribution >= 0.6 is 0 Å². The molecule has 0 aliphatic heterocycles. The molecule has 0 saturated carbocycles. The molecular formula is C31H56O6. The first kappa shape index (κ1) is 34.0. The fourth-order valence-corrected chi connectivity index (χ4v) is 4.54. The molecule has 6 nitrogen and oxygen atoms in total. The first-order valence-electron chi connectivity index (χ1n) is 14.6. The monoisotopic (exact) mass is 524 g/mol. The van der Waals surface area contributed by atoms with Gasteiger partial charge in [0.05, 0.1) is 25.4 Å². The van der Waals surface area contributed by atoms with E-state index in [0.29, 0.717) is 13.2 Å². The van der Waals surface area contributed by atoms with Crippen LogP contribution in [-0.4, -0.2) is 64.3 Å². The Morgan fingerprint density at radius 3 is 1.84 bits per heavy atom. The largest absolute Gasteiger partial charge is 0.381 e. The van der Waals surface area contributed by atoms with Crippen LogP contribution < -0.4 is 0 Å². The lowest BCUT2D eigenvalue weighted by atomic mass is 10.0. The maximum absolute atomic E-state index is 10.3. The van der Waals surface area contributed by atoms with Crippen molar-refractivity contribution in [3.63, 3.8) is 0 Å². The molecule has 0 bridgehead atoms. The van der Waals surface area contributed by atoms with Crippen LogP contribution in [0.4, 0.5) is 0 Å². The van der Waals surface area contributed by atoms with Gasteiger partial charge in [-0.25, -0.2) is 0 Å². The van der Waals surface area contributed by atoms with Crippen molar-refractivity contribution >= 4 is 0 Å². The molecule has 6 heteroatoms. The maximum atomic E-state index is 10.3. The number of rotatable bonds is 26. The van der Waals surface area contributed by atoms with Gasteiger partial charge in [-0.15, -0.1) is 0 Å². The van der Waals surface area contributed by atoms with Crippen molar-refractivity contribution in [2.24, 2.45) is 0 Å². The van der Waals surface area contributed by atoms with E-state index < -0.39 is 12.4 Å². The fraction of sp³-hybridized carbons (Fsp3) is 0.806. The molecule has 0 spiro atoms. The van der Waals surface area contributed by atoms with Gasteiger partial charge < -0.3 is 28.8 Å². The third-order valence-electron chi connectivity index (χ3n) is 7.07. The van der Waals surface area contributed by atoms with E-state index in [1.54, 1.807) is 21.3 Å². The van der Waals surface area contributed by atoms with Crippen LogP contribution in [0.5, 0.6) is 0 Å². The van der Waals surface area contributed by atoms with Crippen LogP contribution in [0.2, 0.25) is 0 Å². The van der Waals surface area contributed by atoms with E-state index >= 15 is 0 Å². The molecule has 1 aromatic carbocycles. The zero-order valence-corrected chi connectivity index (χ0v) is 24.2. The Bertz CT molecular complexity index is 599. The van der Waals surface area contributed by atoms with Crippen molar-refractivity contribution in [1.82, 2.24) is 0 Å². The molecule has 4 atom stereocenters. The second-order valence-electron chi connectivity index (χ2n) is 10.1. The van der Waals surface area contributed by atoms with Crippen molar-refractivity contribution < 1.29 is 28.8 Å². The predicted molar refractivity (Wildman–Crippen MR) is 151 cm³/mol. The molecular weight excluding hydrogens is 468 g/mol. The summed E-state index contributed by atoms with van der Waals surface area (Å²) in [4.78, 5) is 0. The Hall–Kier alpha value is -1.02. The quantitative estimate of drug-likeness (QED) is 0.103. The number of methoxy groups -OCH3 is 3. The van der Waals surface area contributed by atoms with Gasteiger partial charge in [-0.2, -0.15) is 0 Å². The lowest BCUT2D eigenvalue weighted by Crippen LogP contribution is -2.35. The molecule has 0 heterocycles. The summed E-state index contributed by atoms with van der Waals surface area (Å²) in [7, 11) is 5.10. The normalized spacial score (nSPS) is 14.9. The van der Waals surface area contributed by atoms with Crippen LogP contribution in [0.25, 0.3) is 0 Å². The van der Waals surface area contributed by atoms with E-state index in [4.69, 9.17) is 23.7 Å². The molecule has 0 aliphatic rings. The number of aliphatic hydroxyl groups is 1. The van der Waals surface area contributed by atoms with Crippen LogP contribution in [-0.2, 0) is 30.3 Å². The number of unbranched alkanes of at least 4 members (excludes halogenated alkanes) is 10. The molecule has 1 rings (SSSR count). The number of ether oxygens (including phenoxy) is 5. The Morgan fingerprint density at radius 1 is 0.703 bits per heavy atom. The molecule has 4 unspecified atom stereocenters. The third-order valence-corrected chi connectivity index (χ3v) is 7.07. The van der Waals surface area contributed by atoms with Crippen LogP contribution in [0, 0.1) is 0 Å². The van der Waals surface area contributed by atoms with Gasteiger partial charge in [0.25, 0.3) is 0 Å². The Balaban J connectivity index is 2.13. The Kier molecular flexibility index (Phi) is 22.1. The standard InChI is InChI=1S/C31H56O6/c1-5-6-7-8-9-10-11-12-13-14-18-21-28(33-2)24-29(34-3)22-23-36-26-30(35-4)31(32)37-25-27-19-16-15-17-20-27/h15-17,19-20,28-32H,5-14,18,21-26H2,1-4H3. The minimum atomic E-state index is -1.05. The summed E-state index contributed by atoms with van der Waals surface area (Å²) < 4.78 is 28.1. The van der Waals surface area contributed by atoms with E-state index in [2.05, 4.69) is 6.92 Å². The summed E-state index contributed by atoms with van der Waals surface area (Å²) in [6.45, 7) is 3.38. The lowest BCUT2D eigenvalue weighted by Gasteiger charge is -2.24. The maximum Gasteiger partial charge on any atom is 0.183 e. The molecule has 0 radical (unpaired) electrons. The van der Waals surface area contributed by atoms with Gasteiger partial charge >= 0.3 is 0 Å².